The van der Waals surface area contributed by atoms with Gasteiger partial charge in [0.2, 0.25) is 5.91 Å². The molecule has 39 heavy (non-hydrogen) atoms. The van der Waals surface area contributed by atoms with Gasteiger partial charge in [0.05, 0.1) is 41.8 Å². The number of ether oxygens (including phenoxy) is 1. The van der Waals surface area contributed by atoms with Gasteiger partial charge in [0.15, 0.2) is 0 Å². The average Bonchev–Trinajstić information content (AvgIpc) is 3.53. The van der Waals surface area contributed by atoms with Crippen molar-refractivity contribution in [1.29, 1.82) is 0 Å². The van der Waals surface area contributed by atoms with E-state index < -0.39 is 47.6 Å². The third kappa shape index (κ3) is 5.82. The number of carbonyl (C=O) groups is 1. The molecule has 2 aliphatic rings. The Balaban J connectivity index is 1.39. The molecule has 0 aliphatic carbocycles. The fourth-order valence-corrected chi connectivity index (χ4v) is 6.17. The fraction of sp³-hybridized carbons (Fsp3) is 0.407. The molecule has 3 heterocycles. The summed E-state index contributed by atoms with van der Waals surface area (Å²) in [6.07, 6.45) is -7.40. The van der Waals surface area contributed by atoms with Crippen molar-refractivity contribution < 1.29 is 35.9 Å². The predicted octanol–water partition coefficient (Wildman–Crippen LogP) is 6.05. The first kappa shape index (κ1) is 27.6. The maximum absolute atomic E-state index is 13.3. The number of fused-ring (bicyclic) bond motifs is 2. The lowest BCUT2D eigenvalue weighted by molar-refractivity contribution is -0.143. The average molecular weight is 570 g/mol. The van der Waals surface area contributed by atoms with E-state index in [0.29, 0.717) is 37.9 Å². The molecular formula is C27H25F6N3O2S. The molecule has 0 radical (unpaired) electrons. The summed E-state index contributed by atoms with van der Waals surface area (Å²) < 4.78 is 86.2. The van der Waals surface area contributed by atoms with Crippen molar-refractivity contribution in [3.05, 3.63) is 87.4 Å². The van der Waals surface area contributed by atoms with Gasteiger partial charge in [0, 0.05) is 17.6 Å². The minimum Gasteiger partial charge on any atom is -0.371 e. The number of aromatic nitrogens is 1. The van der Waals surface area contributed by atoms with Gasteiger partial charge < -0.3 is 15.4 Å². The minimum absolute atomic E-state index is 0.105. The summed E-state index contributed by atoms with van der Waals surface area (Å²) in [7, 11) is 0. The van der Waals surface area contributed by atoms with Crippen LogP contribution < -0.4 is 10.6 Å². The van der Waals surface area contributed by atoms with Gasteiger partial charge >= 0.3 is 12.4 Å². The molecule has 2 bridgehead atoms. The third-order valence-corrected chi connectivity index (χ3v) is 8.16. The molecule has 2 saturated heterocycles. The van der Waals surface area contributed by atoms with Gasteiger partial charge in [-0.25, -0.2) is 4.98 Å². The van der Waals surface area contributed by atoms with Crippen LogP contribution in [0.5, 0.6) is 0 Å². The second kappa shape index (κ2) is 10.5. The van der Waals surface area contributed by atoms with Crippen LogP contribution >= 0.6 is 11.3 Å². The van der Waals surface area contributed by atoms with Gasteiger partial charge in [0.25, 0.3) is 0 Å². The monoisotopic (exact) mass is 569 g/mol. The van der Waals surface area contributed by atoms with Crippen LogP contribution in [0.15, 0.2) is 60.1 Å². The molecule has 0 spiro atoms. The highest BCUT2D eigenvalue weighted by atomic mass is 32.1. The highest BCUT2D eigenvalue weighted by Gasteiger charge is 2.56. The highest BCUT2D eigenvalue weighted by molar-refractivity contribution is 7.09. The predicted molar refractivity (Wildman–Crippen MR) is 131 cm³/mol. The zero-order chi connectivity index (χ0) is 27.8. The fourth-order valence-electron chi connectivity index (χ4n) is 5.61. The number of rotatable bonds is 7. The Labute approximate surface area is 224 Å². The van der Waals surface area contributed by atoms with Crippen LogP contribution in [0.1, 0.15) is 46.5 Å². The first-order valence-electron chi connectivity index (χ1n) is 12.3. The largest absolute Gasteiger partial charge is 0.416 e. The summed E-state index contributed by atoms with van der Waals surface area (Å²) in [4.78, 5) is 17.4. The number of alkyl halides is 6. The Hall–Kier alpha value is -2.96. The summed E-state index contributed by atoms with van der Waals surface area (Å²) in [5, 5.41) is 9.07. The summed E-state index contributed by atoms with van der Waals surface area (Å²) in [5.74, 6) is -0.544. The zero-order valence-electron chi connectivity index (χ0n) is 20.5. The normalized spacial score (nSPS) is 25.0. The van der Waals surface area contributed by atoms with Gasteiger partial charge in [-0.2, -0.15) is 26.3 Å². The molecule has 208 valence electrons. The molecule has 2 N–H and O–H groups in total. The molecule has 2 aliphatic heterocycles. The van der Waals surface area contributed by atoms with Crippen LogP contribution in [0.25, 0.3) is 0 Å². The van der Waals surface area contributed by atoms with Gasteiger partial charge in [0.1, 0.15) is 5.01 Å². The molecule has 12 heteroatoms. The highest BCUT2D eigenvalue weighted by Crippen LogP contribution is 2.48. The number of thiazole rings is 1. The molecule has 4 unspecified atom stereocenters. The van der Waals surface area contributed by atoms with E-state index in [1.165, 1.54) is 11.3 Å². The minimum atomic E-state index is -4.94. The quantitative estimate of drug-likeness (QED) is 0.340. The third-order valence-electron chi connectivity index (χ3n) is 7.38. The Morgan fingerprint density at radius 1 is 1.05 bits per heavy atom. The van der Waals surface area contributed by atoms with Crippen molar-refractivity contribution in [1.82, 2.24) is 15.6 Å². The van der Waals surface area contributed by atoms with Gasteiger partial charge in [-0.05, 0) is 48.6 Å². The summed E-state index contributed by atoms with van der Waals surface area (Å²) in [5.41, 5.74) is -2.98. The van der Waals surface area contributed by atoms with E-state index in [9.17, 15) is 31.1 Å². The molecule has 5 rings (SSSR count). The number of piperidine rings is 1. The van der Waals surface area contributed by atoms with E-state index in [2.05, 4.69) is 15.6 Å². The molecule has 2 aromatic carbocycles. The van der Waals surface area contributed by atoms with Crippen molar-refractivity contribution in [2.75, 3.05) is 0 Å². The van der Waals surface area contributed by atoms with Crippen LogP contribution in [0, 0.1) is 5.92 Å². The lowest BCUT2D eigenvalue weighted by Crippen LogP contribution is -2.54. The molecule has 0 saturated carbocycles. The summed E-state index contributed by atoms with van der Waals surface area (Å²) >= 11 is 1.43. The second-order valence-electron chi connectivity index (χ2n) is 9.83. The zero-order valence-corrected chi connectivity index (χ0v) is 21.3. The van der Waals surface area contributed by atoms with Gasteiger partial charge in [-0.3, -0.25) is 4.79 Å². The number of amides is 1. The molecule has 3 aromatic rings. The molecule has 1 amide bonds. The van der Waals surface area contributed by atoms with E-state index >= 15 is 0 Å². The van der Waals surface area contributed by atoms with E-state index in [4.69, 9.17) is 4.74 Å². The Bertz CT molecular complexity index is 1270. The lowest BCUT2D eigenvalue weighted by Gasteiger charge is -2.42. The van der Waals surface area contributed by atoms with Crippen LogP contribution in [-0.2, 0) is 40.6 Å². The van der Waals surface area contributed by atoms with Crippen molar-refractivity contribution in [2.24, 2.45) is 5.92 Å². The molecule has 4 atom stereocenters. The van der Waals surface area contributed by atoms with Crippen molar-refractivity contribution in [2.45, 2.75) is 62.5 Å². The van der Waals surface area contributed by atoms with E-state index in [1.807, 2.05) is 35.7 Å². The molecule has 1 aromatic heterocycles. The van der Waals surface area contributed by atoms with Crippen LogP contribution in [-0.4, -0.2) is 23.0 Å². The Kier molecular flexibility index (Phi) is 7.47. The first-order valence-corrected chi connectivity index (χ1v) is 13.2. The number of hydrogen-bond donors (Lipinski definition) is 2. The standard InChI is InChI=1S/C27H25F6N3O2S/c28-26(29,30)18-10-16(11-19(12-18)27(31,32)33)15-38-22-7-6-21-20(24(37)35-14-23-34-8-9-39-23)13-25(22,36-21)17-4-2-1-3-5-17/h1-5,8-12,20-22,36H,6-7,13-15H2,(H,35,37). The summed E-state index contributed by atoms with van der Waals surface area (Å²) in [6, 6.07) is 10.6. The van der Waals surface area contributed by atoms with Gasteiger partial charge in [-0.15, -0.1) is 11.3 Å². The topological polar surface area (TPSA) is 63.2 Å². The first-order chi connectivity index (χ1) is 18.5. The number of nitrogens with zero attached hydrogens (tertiary/aromatic N) is 1. The van der Waals surface area contributed by atoms with Crippen molar-refractivity contribution in [3.8, 4) is 0 Å². The maximum atomic E-state index is 13.3. The smallest absolute Gasteiger partial charge is 0.371 e. The van der Waals surface area contributed by atoms with Crippen molar-refractivity contribution >= 4 is 17.2 Å². The lowest BCUT2D eigenvalue weighted by atomic mass is 9.80. The Morgan fingerprint density at radius 2 is 1.74 bits per heavy atom. The molecule has 5 nitrogen and oxygen atoms in total. The number of benzene rings is 2. The Morgan fingerprint density at radius 3 is 2.36 bits per heavy atom. The molecular weight excluding hydrogens is 544 g/mol. The van der Waals surface area contributed by atoms with Crippen LogP contribution in [0.4, 0.5) is 26.3 Å². The number of hydrogen-bond acceptors (Lipinski definition) is 5. The summed E-state index contributed by atoms with van der Waals surface area (Å²) in [6.45, 7) is -0.144. The number of halogens is 6. The van der Waals surface area contributed by atoms with Crippen LogP contribution in [0.2, 0.25) is 0 Å². The maximum Gasteiger partial charge on any atom is 0.416 e. The number of nitrogens with one attached hydrogen (secondary N) is 2. The SMILES string of the molecule is O=C(NCc1nccs1)C1CC2(c3ccccc3)NC1CCC2OCc1cc(C(F)(F)F)cc(C(F)(F)F)c1. The van der Waals surface area contributed by atoms with Crippen molar-refractivity contribution in [3.63, 3.8) is 0 Å². The number of carbonyl (C=O) groups excluding carboxylic acids is 1. The molecule has 2 fully saturated rings. The van der Waals surface area contributed by atoms with E-state index in [-0.39, 0.29) is 23.6 Å². The van der Waals surface area contributed by atoms with Crippen LogP contribution in [0.3, 0.4) is 0 Å². The second-order valence-corrected chi connectivity index (χ2v) is 10.8. The van der Waals surface area contributed by atoms with E-state index in [0.717, 1.165) is 10.6 Å². The van der Waals surface area contributed by atoms with E-state index in [1.54, 1.807) is 6.20 Å². The van der Waals surface area contributed by atoms with Gasteiger partial charge in [-0.1, -0.05) is 30.3 Å².